The van der Waals surface area contributed by atoms with Crippen molar-refractivity contribution in [3.63, 3.8) is 0 Å². The van der Waals surface area contributed by atoms with Crippen LogP contribution >= 0.6 is 0 Å². The number of amides is 1. The second-order valence-electron chi connectivity index (χ2n) is 6.19. The largest absolute Gasteiger partial charge is 0.444 e. The highest BCUT2D eigenvalue weighted by Gasteiger charge is 2.18. The summed E-state index contributed by atoms with van der Waals surface area (Å²) in [6, 6.07) is 0. The molecule has 0 saturated heterocycles. The monoisotopic (exact) mass is 321 g/mol. The zero-order valence-electron chi connectivity index (χ0n) is 13.7. The summed E-state index contributed by atoms with van der Waals surface area (Å²) < 4.78 is 11.0. The smallest absolute Gasteiger partial charge is 0.423 e. The first kappa shape index (κ1) is 16.7. The molecule has 0 fully saturated rings. The van der Waals surface area contributed by atoms with Crippen LogP contribution in [0.3, 0.4) is 0 Å². The second kappa shape index (κ2) is 5.86. The van der Waals surface area contributed by atoms with Gasteiger partial charge in [0.2, 0.25) is 0 Å². The third-order valence-corrected chi connectivity index (χ3v) is 3.17. The van der Waals surface area contributed by atoms with Crippen LogP contribution in [0.5, 0.6) is 0 Å². The number of fused-ring (bicyclic) bond motifs is 1. The van der Waals surface area contributed by atoms with Crippen molar-refractivity contribution in [1.82, 2.24) is 14.9 Å². The molecular formula is C15H19N3O5. The molecule has 8 nitrogen and oxygen atoms in total. The Morgan fingerprint density at radius 2 is 2.04 bits per heavy atom. The first-order valence-electron chi connectivity index (χ1n) is 7.05. The first-order chi connectivity index (χ1) is 10.6. The van der Waals surface area contributed by atoms with E-state index in [-0.39, 0.29) is 17.6 Å². The topological polar surface area (TPSA) is 103 Å². The number of pyridine rings is 1. The summed E-state index contributed by atoms with van der Waals surface area (Å²) in [4.78, 5) is 39.5. The number of carbonyl (C=O) groups is 1. The fourth-order valence-corrected chi connectivity index (χ4v) is 2.09. The van der Waals surface area contributed by atoms with E-state index in [2.05, 4.69) is 14.7 Å². The molecule has 0 aliphatic heterocycles. The number of hydrogen-bond donors (Lipinski definition) is 1. The lowest BCUT2D eigenvalue weighted by atomic mass is 10.1. The molecule has 2 rings (SSSR count). The molecule has 0 bridgehead atoms. The van der Waals surface area contributed by atoms with E-state index < -0.39 is 23.1 Å². The molecule has 0 aliphatic carbocycles. The van der Waals surface area contributed by atoms with Crippen LogP contribution in [-0.4, -0.2) is 21.2 Å². The molecular weight excluding hydrogens is 302 g/mol. The van der Waals surface area contributed by atoms with Crippen molar-refractivity contribution in [3.8, 4) is 0 Å². The standard InChI is InChI=1S/C15H19N3O5/c1-8-6-16-11-10(12(19)22-14(21)18(11)5)9(8)7-17-13(20)23-15(2,3)4/h6H,7H2,1-5H3,(H,17,20). The van der Waals surface area contributed by atoms with Gasteiger partial charge in [-0.1, -0.05) is 0 Å². The van der Waals surface area contributed by atoms with E-state index in [1.807, 2.05) is 0 Å². The van der Waals surface area contributed by atoms with Crippen molar-refractivity contribution in [2.45, 2.75) is 39.8 Å². The van der Waals surface area contributed by atoms with Gasteiger partial charge in [-0.3, -0.25) is 4.57 Å². The molecule has 23 heavy (non-hydrogen) atoms. The van der Waals surface area contributed by atoms with Gasteiger partial charge in [0, 0.05) is 19.8 Å². The van der Waals surface area contributed by atoms with Gasteiger partial charge in [0.1, 0.15) is 11.0 Å². The van der Waals surface area contributed by atoms with E-state index in [4.69, 9.17) is 4.74 Å². The van der Waals surface area contributed by atoms with Gasteiger partial charge < -0.3 is 14.5 Å². The molecule has 0 aliphatic rings. The molecule has 1 N–H and O–H groups in total. The highest BCUT2D eigenvalue weighted by molar-refractivity contribution is 5.79. The van der Waals surface area contributed by atoms with Crippen molar-refractivity contribution in [2.24, 2.45) is 7.05 Å². The number of nitrogens with zero attached hydrogens (tertiary/aromatic N) is 2. The Kier molecular flexibility index (Phi) is 4.26. The summed E-state index contributed by atoms with van der Waals surface area (Å²) in [5.41, 5.74) is 0.0328. The minimum Gasteiger partial charge on any atom is -0.444 e. The van der Waals surface area contributed by atoms with Gasteiger partial charge in [0.25, 0.3) is 0 Å². The van der Waals surface area contributed by atoms with E-state index >= 15 is 0 Å². The number of ether oxygens (including phenoxy) is 1. The number of aryl methyl sites for hydroxylation is 2. The lowest BCUT2D eigenvalue weighted by Crippen LogP contribution is -2.33. The summed E-state index contributed by atoms with van der Waals surface area (Å²) in [6.07, 6.45) is 0.934. The summed E-state index contributed by atoms with van der Waals surface area (Å²) in [6.45, 7) is 7.07. The molecule has 0 saturated carbocycles. The van der Waals surface area contributed by atoms with Crippen LogP contribution < -0.4 is 16.7 Å². The summed E-state index contributed by atoms with van der Waals surface area (Å²) in [7, 11) is 1.46. The molecule has 124 valence electrons. The van der Waals surface area contributed by atoms with Gasteiger partial charge in [-0.2, -0.15) is 0 Å². The maximum Gasteiger partial charge on any atom is 0.423 e. The first-order valence-corrected chi connectivity index (χ1v) is 7.05. The molecule has 2 aromatic rings. The summed E-state index contributed by atoms with van der Waals surface area (Å²) in [5, 5.41) is 2.76. The Bertz CT molecular complexity index is 874. The van der Waals surface area contributed by atoms with Crippen molar-refractivity contribution < 1.29 is 13.9 Å². The Hall–Kier alpha value is -2.64. The zero-order chi connectivity index (χ0) is 17.4. The average Bonchev–Trinajstić information content (AvgIpc) is 2.41. The molecule has 2 heterocycles. The number of carbonyl (C=O) groups excluding carboxylic acids is 1. The summed E-state index contributed by atoms with van der Waals surface area (Å²) >= 11 is 0. The highest BCUT2D eigenvalue weighted by Crippen LogP contribution is 2.16. The SMILES string of the molecule is Cc1cnc2c(c1CNC(=O)OC(C)(C)C)c(=O)oc(=O)n2C. The Labute approximate surface area is 132 Å². The predicted octanol–water partition coefficient (Wildman–Crippen LogP) is 1.22. The molecule has 0 radical (unpaired) electrons. The maximum absolute atomic E-state index is 12.0. The van der Waals surface area contributed by atoms with Gasteiger partial charge in [-0.25, -0.2) is 19.4 Å². The molecule has 1 amide bonds. The number of nitrogens with one attached hydrogen (secondary N) is 1. The van der Waals surface area contributed by atoms with E-state index in [1.165, 1.54) is 13.2 Å². The zero-order valence-corrected chi connectivity index (χ0v) is 13.7. The van der Waals surface area contributed by atoms with Crippen molar-refractivity contribution in [3.05, 3.63) is 38.3 Å². The van der Waals surface area contributed by atoms with Crippen LogP contribution in [0.2, 0.25) is 0 Å². The van der Waals surface area contributed by atoms with E-state index in [1.54, 1.807) is 27.7 Å². The van der Waals surface area contributed by atoms with Crippen LogP contribution in [0.25, 0.3) is 11.0 Å². The Balaban J connectivity index is 2.43. The Morgan fingerprint density at radius 3 is 2.65 bits per heavy atom. The number of alkyl carbamates (subject to hydrolysis) is 1. The fourth-order valence-electron chi connectivity index (χ4n) is 2.09. The van der Waals surface area contributed by atoms with Crippen molar-refractivity contribution in [1.29, 1.82) is 0 Å². The molecule has 0 spiro atoms. The molecule has 0 aromatic carbocycles. The lowest BCUT2D eigenvalue weighted by Gasteiger charge is -2.20. The molecule has 0 atom stereocenters. The summed E-state index contributed by atoms with van der Waals surface area (Å²) in [5.74, 6) is -0.787. The minimum absolute atomic E-state index is 0.0583. The van der Waals surface area contributed by atoms with E-state index in [0.29, 0.717) is 11.1 Å². The van der Waals surface area contributed by atoms with Crippen LogP contribution in [0.4, 0.5) is 4.79 Å². The number of rotatable bonds is 2. The van der Waals surface area contributed by atoms with Gasteiger partial charge >= 0.3 is 17.5 Å². The third-order valence-electron chi connectivity index (χ3n) is 3.17. The predicted molar refractivity (Wildman–Crippen MR) is 83.3 cm³/mol. The normalized spacial score (nSPS) is 11.5. The highest BCUT2D eigenvalue weighted by atomic mass is 16.6. The fraction of sp³-hybridized carbons (Fsp3) is 0.467. The average molecular weight is 321 g/mol. The van der Waals surface area contributed by atoms with E-state index in [0.717, 1.165) is 4.57 Å². The van der Waals surface area contributed by atoms with E-state index in [9.17, 15) is 14.4 Å². The lowest BCUT2D eigenvalue weighted by molar-refractivity contribution is 0.0523. The van der Waals surface area contributed by atoms with Crippen LogP contribution in [0.1, 0.15) is 31.9 Å². The van der Waals surface area contributed by atoms with Crippen LogP contribution in [0.15, 0.2) is 20.2 Å². The quantitative estimate of drug-likeness (QED) is 0.892. The molecule has 2 aromatic heterocycles. The Morgan fingerprint density at radius 1 is 1.39 bits per heavy atom. The van der Waals surface area contributed by atoms with Crippen LogP contribution in [-0.2, 0) is 18.3 Å². The molecule has 0 unspecified atom stereocenters. The number of hydrogen-bond acceptors (Lipinski definition) is 6. The van der Waals surface area contributed by atoms with Gasteiger partial charge in [-0.15, -0.1) is 0 Å². The van der Waals surface area contributed by atoms with Crippen LogP contribution in [0, 0.1) is 6.92 Å². The van der Waals surface area contributed by atoms with Crippen molar-refractivity contribution in [2.75, 3.05) is 0 Å². The van der Waals surface area contributed by atoms with Gasteiger partial charge in [0.15, 0.2) is 5.65 Å². The van der Waals surface area contributed by atoms with Gasteiger partial charge in [-0.05, 0) is 38.8 Å². The number of aromatic nitrogens is 2. The minimum atomic E-state index is -0.787. The second-order valence-corrected chi connectivity index (χ2v) is 6.19. The van der Waals surface area contributed by atoms with Crippen molar-refractivity contribution >= 4 is 17.1 Å². The van der Waals surface area contributed by atoms with Gasteiger partial charge in [0.05, 0.1) is 0 Å². The molecule has 8 heteroatoms. The maximum atomic E-state index is 12.0. The third kappa shape index (κ3) is 3.58.